The van der Waals surface area contributed by atoms with Crippen molar-refractivity contribution in [1.82, 2.24) is 14.5 Å². The van der Waals surface area contributed by atoms with Crippen molar-refractivity contribution in [2.24, 2.45) is 0 Å². The lowest BCUT2D eigenvalue weighted by molar-refractivity contribution is 0.0634. The van der Waals surface area contributed by atoms with E-state index in [-0.39, 0.29) is 11.5 Å². The third-order valence-corrected chi connectivity index (χ3v) is 7.14. The van der Waals surface area contributed by atoms with Gasteiger partial charge in [0.15, 0.2) is 0 Å². The lowest BCUT2D eigenvalue weighted by atomic mass is 10.1. The molecule has 1 amide bonds. The third-order valence-electron chi connectivity index (χ3n) is 7.14. The molecule has 42 heavy (non-hydrogen) atoms. The fraction of sp³-hybridized carbons (Fsp3) is 0.382. The van der Waals surface area contributed by atoms with Crippen molar-refractivity contribution in [3.63, 3.8) is 0 Å². The quantitative estimate of drug-likeness (QED) is 0.150. The second kappa shape index (κ2) is 15.2. The van der Waals surface area contributed by atoms with Crippen LogP contribution in [0.4, 0.5) is 0 Å². The van der Waals surface area contributed by atoms with Gasteiger partial charge in [-0.2, -0.15) is 0 Å². The molecule has 0 fully saturated rings. The van der Waals surface area contributed by atoms with Crippen LogP contribution in [0.3, 0.4) is 0 Å². The monoisotopic (exact) mass is 571 g/mol. The van der Waals surface area contributed by atoms with Crippen LogP contribution in [-0.4, -0.2) is 53.8 Å². The zero-order valence-electron chi connectivity index (χ0n) is 25.0. The highest BCUT2D eigenvalue weighted by molar-refractivity contribution is 5.94. The van der Waals surface area contributed by atoms with E-state index in [2.05, 4.69) is 6.92 Å². The van der Waals surface area contributed by atoms with Crippen molar-refractivity contribution >= 4 is 16.8 Å². The van der Waals surface area contributed by atoms with Gasteiger partial charge >= 0.3 is 0 Å². The number of methoxy groups -OCH3 is 1. The zero-order chi connectivity index (χ0) is 29.9. The van der Waals surface area contributed by atoms with Gasteiger partial charge in [-0.05, 0) is 86.8 Å². The molecule has 1 heterocycles. The van der Waals surface area contributed by atoms with Crippen LogP contribution < -0.4 is 15.0 Å². The van der Waals surface area contributed by atoms with Gasteiger partial charge in [-0.15, -0.1) is 0 Å². The van der Waals surface area contributed by atoms with Gasteiger partial charge in [0.1, 0.15) is 17.3 Å². The van der Waals surface area contributed by atoms with Gasteiger partial charge in [0.2, 0.25) is 0 Å². The maximum absolute atomic E-state index is 14.1. The Kier molecular flexibility index (Phi) is 11.1. The molecule has 4 aromatic rings. The molecule has 0 bridgehead atoms. The van der Waals surface area contributed by atoms with Gasteiger partial charge < -0.3 is 19.1 Å². The van der Waals surface area contributed by atoms with E-state index in [1.165, 1.54) is 0 Å². The van der Waals surface area contributed by atoms with E-state index in [0.717, 1.165) is 24.3 Å². The summed E-state index contributed by atoms with van der Waals surface area (Å²) >= 11 is 0. The van der Waals surface area contributed by atoms with E-state index in [0.29, 0.717) is 67.2 Å². The van der Waals surface area contributed by atoms with Crippen LogP contribution in [-0.2, 0) is 4.74 Å². The molecule has 1 unspecified atom stereocenters. The molecule has 4 rings (SSSR count). The number of ether oxygens (including phenoxy) is 3. The number of rotatable bonds is 15. The SMILES string of the molecule is CCCCOc1ccc(C(=O)N(CCCOC)C(CC)c2nc3ccccc3c(=O)n2-c2ccc(OCC)cc2)cc1. The van der Waals surface area contributed by atoms with Crippen molar-refractivity contribution in [3.8, 4) is 17.2 Å². The van der Waals surface area contributed by atoms with E-state index in [1.54, 1.807) is 29.9 Å². The molecule has 0 radical (unpaired) electrons. The molecule has 0 saturated carbocycles. The second-order valence-corrected chi connectivity index (χ2v) is 10.0. The summed E-state index contributed by atoms with van der Waals surface area (Å²) in [7, 11) is 1.65. The van der Waals surface area contributed by atoms with Crippen molar-refractivity contribution in [2.75, 3.05) is 33.5 Å². The smallest absolute Gasteiger partial charge is 0.266 e. The van der Waals surface area contributed by atoms with Crippen molar-refractivity contribution in [2.45, 2.75) is 52.5 Å². The molecule has 1 aromatic heterocycles. The predicted molar refractivity (Wildman–Crippen MR) is 166 cm³/mol. The molecule has 3 aromatic carbocycles. The Balaban J connectivity index is 1.80. The molecular weight excluding hydrogens is 530 g/mol. The number of para-hydroxylation sites is 1. The average Bonchev–Trinajstić information content (AvgIpc) is 3.02. The van der Waals surface area contributed by atoms with Crippen molar-refractivity contribution in [1.29, 1.82) is 0 Å². The van der Waals surface area contributed by atoms with Crippen LogP contribution in [0.15, 0.2) is 77.6 Å². The Morgan fingerprint density at radius 2 is 1.57 bits per heavy atom. The lowest BCUT2D eigenvalue weighted by Gasteiger charge is -2.32. The van der Waals surface area contributed by atoms with E-state index < -0.39 is 6.04 Å². The highest BCUT2D eigenvalue weighted by atomic mass is 16.5. The van der Waals surface area contributed by atoms with E-state index in [9.17, 15) is 9.59 Å². The highest BCUT2D eigenvalue weighted by Crippen LogP contribution is 2.29. The summed E-state index contributed by atoms with van der Waals surface area (Å²) in [5, 5.41) is 0.515. The first-order chi connectivity index (χ1) is 20.5. The first kappa shape index (κ1) is 30.8. The normalized spacial score (nSPS) is 11.8. The van der Waals surface area contributed by atoms with Crippen LogP contribution in [0.1, 0.15) is 68.7 Å². The molecular formula is C34H41N3O5. The van der Waals surface area contributed by atoms with Gasteiger partial charge in [-0.25, -0.2) is 4.98 Å². The summed E-state index contributed by atoms with van der Waals surface area (Å²) in [6.07, 6.45) is 3.22. The fourth-order valence-corrected chi connectivity index (χ4v) is 5.00. The molecule has 0 aliphatic rings. The van der Waals surface area contributed by atoms with Gasteiger partial charge in [0, 0.05) is 25.8 Å². The number of amides is 1. The van der Waals surface area contributed by atoms with Crippen LogP contribution in [0.25, 0.3) is 16.6 Å². The number of nitrogens with zero attached hydrogens (tertiary/aromatic N) is 3. The maximum atomic E-state index is 14.1. The molecule has 0 aliphatic heterocycles. The Morgan fingerprint density at radius 1 is 0.881 bits per heavy atom. The minimum absolute atomic E-state index is 0.140. The van der Waals surface area contributed by atoms with Crippen molar-refractivity contribution < 1.29 is 19.0 Å². The number of hydrogen-bond donors (Lipinski definition) is 0. The molecule has 0 aliphatic carbocycles. The molecule has 0 N–H and O–H groups in total. The van der Waals surface area contributed by atoms with E-state index in [4.69, 9.17) is 19.2 Å². The Labute approximate surface area is 247 Å². The number of carbonyl (C=O) groups is 1. The van der Waals surface area contributed by atoms with Crippen LogP contribution in [0, 0.1) is 0 Å². The summed E-state index contributed by atoms with van der Waals surface area (Å²) in [5.41, 5.74) is 1.62. The zero-order valence-corrected chi connectivity index (χ0v) is 25.0. The number of fused-ring (bicyclic) bond motifs is 1. The van der Waals surface area contributed by atoms with Gasteiger partial charge in [0.25, 0.3) is 11.5 Å². The molecule has 8 heteroatoms. The fourth-order valence-electron chi connectivity index (χ4n) is 5.00. The van der Waals surface area contributed by atoms with Crippen LogP contribution >= 0.6 is 0 Å². The van der Waals surface area contributed by atoms with Gasteiger partial charge in [-0.3, -0.25) is 14.2 Å². The number of carbonyl (C=O) groups excluding carboxylic acids is 1. The predicted octanol–water partition coefficient (Wildman–Crippen LogP) is 6.59. The van der Waals surface area contributed by atoms with E-state index in [1.807, 2.05) is 73.3 Å². The molecule has 222 valence electrons. The highest BCUT2D eigenvalue weighted by Gasteiger charge is 2.29. The van der Waals surface area contributed by atoms with E-state index >= 15 is 0 Å². The number of hydrogen-bond acceptors (Lipinski definition) is 6. The van der Waals surface area contributed by atoms with Crippen LogP contribution in [0.5, 0.6) is 11.5 Å². The molecule has 0 saturated heterocycles. The molecule has 0 spiro atoms. The largest absolute Gasteiger partial charge is 0.494 e. The Bertz CT molecular complexity index is 1500. The Morgan fingerprint density at radius 3 is 2.24 bits per heavy atom. The van der Waals surface area contributed by atoms with Crippen LogP contribution in [0.2, 0.25) is 0 Å². The second-order valence-electron chi connectivity index (χ2n) is 10.0. The summed E-state index contributed by atoms with van der Waals surface area (Å²) in [4.78, 5) is 34.9. The Hall–Kier alpha value is -4.17. The lowest BCUT2D eigenvalue weighted by Crippen LogP contribution is -2.39. The number of unbranched alkanes of at least 4 members (excludes halogenated alkanes) is 1. The first-order valence-corrected chi connectivity index (χ1v) is 14.8. The number of aromatic nitrogens is 2. The average molecular weight is 572 g/mol. The van der Waals surface area contributed by atoms with Gasteiger partial charge in [0.05, 0.1) is 35.8 Å². The topological polar surface area (TPSA) is 82.9 Å². The summed E-state index contributed by atoms with van der Waals surface area (Å²) < 4.78 is 18.4. The van der Waals surface area contributed by atoms with Gasteiger partial charge in [-0.1, -0.05) is 32.4 Å². The summed E-state index contributed by atoms with van der Waals surface area (Å²) in [6.45, 7) is 8.18. The molecule has 1 atom stereocenters. The minimum Gasteiger partial charge on any atom is -0.494 e. The summed E-state index contributed by atoms with van der Waals surface area (Å²) in [6, 6.07) is 21.5. The standard InChI is InChI=1S/C34H41N3O5/c1-5-8-24-42-28-18-14-25(15-19-28)33(38)36(22-11-23-40-4)31(6-2)32-35-30-13-10-9-12-29(30)34(39)37(32)26-16-20-27(21-17-26)41-7-3/h9-10,12-21,31H,5-8,11,22-24H2,1-4H3. The minimum atomic E-state index is -0.473. The van der Waals surface area contributed by atoms with Crippen molar-refractivity contribution in [3.05, 3.63) is 94.5 Å². The third kappa shape index (κ3) is 7.18. The summed E-state index contributed by atoms with van der Waals surface area (Å²) in [5.74, 6) is 1.82. The first-order valence-electron chi connectivity index (χ1n) is 14.8. The number of benzene rings is 3. The molecule has 8 nitrogen and oxygen atoms in total. The maximum Gasteiger partial charge on any atom is 0.266 e.